The van der Waals surface area contributed by atoms with E-state index in [1.54, 1.807) is 0 Å². The third-order valence-corrected chi connectivity index (χ3v) is 4.72. The normalized spacial score (nSPS) is 30.5. The van der Waals surface area contributed by atoms with Gasteiger partial charge in [0.25, 0.3) is 0 Å². The fourth-order valence-electron chi connectivity index (χ4n) is 3.60. The minimum Gasteiger partial charge on any atom is -0.396 e. The zero-order valence-electron chi connectivity index (χ0n) is 10.1. The van der Waals surface area contributed by atoms with Crippen LogP contribution in [0.25, 0.3) is 0 Å². The molecule has 0 amide bonds. The van der Waals surface area contributed by atoms with Crippen LogP contribution in [0.5, 0.6) is 0 Å². The summed E-state index contributed by atoms with van der Waals surface area (Å²) in [6.07, 6.45) is 12.9. The highest BCUT2D eigenvalue weighted by Gasteiger charge is 2.42. The Kier molecular flexibility index (Phi) is 4.04. The zero-order chi connectivity index (χ0) is 11.4. The standard InChI is InChI=1S/C14H24O2/c15-10-14(11-16)9-5-4-8-13(14)12-6-2-1-3-7-12/h4-5,12-13,15-16H,1-3,6-11H2. The largest absolute Gasteiger partial charge is 0.396 e. The molecule has 0 aromatic carbocycles. The van der Waals surface area contributed by atoms with E-state index in [-0.39, 0.29) is 18.6 Å². The summed E-state index contributed by atoms with van der Waals surface area (Å²) in [6, 6.07) is 0. The fraction of sp³-hybridized carbons (Fsp3) is 0.857. The van der Waals surface area contributed by atoms with Gasteiger partial charge >= 0.3 is 0 Å². The monoisotopic (exact) mass is 224 g/mol. The summed E-state index contributed by atoms with van der Waals surface area (Å²) < 4.78 is 0. The van der Waals surface area contributed by atoms with Gasteiger partial charge in [-0.05, 0) is 24.7 Å². The van der Waals surface area contributed by atoms with Crippen LogP contribution in [0.4, 0.5) is 0 Å². The maximum Gasteiger partial charge on any atom is 0.0515 e. The smallest absolute Gasteiger partial charge is 0.0515 e. The first-order valence-electron chi connectivity index (χ1n) is 6.69. The molecule has 0 radical (unpaired) electrons. The third-order valence-electron chi connectivity index (χ3n) is 4.72. The van der Waals surface area contributed by atoms with Crippen molar-refractivity contribution < 1.29 is 10.2 Å². The predicted octanol–water partition coefficient (Wildman–Crippen LogP) is 2.50. The van der Waals surface area contributed by atoms with Crippen molar-refractivity contribution in [3.05, 3.63) is 12.2 Å². The molecule has 0 saturated heterocycles. The molecule has 16 heavy (non-hydrogen) atoms. The Morgan fingerprint density at radius 3 is 2.31 bits per heavy atom. The fourth-order valence-corrected chi connectivity index (χ4v) is 3.60. The summed E-state index contributed by atoms with van der Waals surface area (Å²) in [6.45, 7) is 0.268. The first kappa shape index (κ1) is 12.1. The van der Waals surface area contributed by atoms with Crippen molar-refractivity contribution in [2.45, 2.75) is 44.9 Å². The van der Waals surface area contributed by atoms with Gasteiger partial charge in [-0.15, -0.1) is 0 Å². The topological polar surface area (TPSA) is 40.5 Å². The van der Waals surface area contributed by atoms with Crippen LogP contribution in [0.15, 0.2) is 12.2 Å². The molecule has 1 atom stereocenters. The molecule has 0 aliphatic heterocycles. The lowest BCUT2D eigenvalue weighted by molar-refractivity contribution is -0.0285. The summed E-state index contributed by atoms with van der Waals surface area (Å²) in [5.74, 6) is 1.21. The summed E-state index contributed by atoms with van der Waals surface area (Å²) >= 11 is 0. The van der Waals surface area contributed by atoms with Crippen molar-refractivity contribution in [1.29, 1.82) is 0 Å². The first-order chi connectivity index (χ1) is 7.82. The molecule has 2 heteroatoms. The Morgan fingerprint density at radius 2 is 1.69 bits per heavy atom. The zero-order valence-corrected chi connectivity index (χ0v) is 10.1. The molecule has 0 heterocycles. The number of aliphatic hydroxyl groups excluding tert-OH is 2. The van der Waals surface area contributed by atoms with Crippen molar-refractivity contribution >= 4 is 0 Å². The molecule has 2 N–H and O–H groups in total. The highest BCUT2D eigenvalue weighted by molar-refractivity contribution is 5.04. The molecule has 1 fully saturated rings. The lowest BCUT2D eigenvalue weighted by atomic mass is 9.61. The average molecular weight is 224 g/mol. The highest BCUT2D eigenvalue weighted by Crippen LogP contribution is 2.46. The first-order valence-corrected chi connectivity index (χ1v) is 6.69. The van der Waals surface area contributed by atoms with E-state index in [2.05, 4.69) is 12.2 Å². The Hall–Kier alpha value is -0.340. The highest BCUT2D eigenvalue weighted by atomic mass is 16.3. The van der Waals surface area contributed by atoms with Crippen LogP contribution in [-0.4, -0.2) is 23.4 Å². The second-order valence-electron chi connectivity index (χ2n) is 5.59. The third kappa shape index (κ3) is 2.18. The summed E-state index contributed by atoms with van der Waals surface area (Å²) in [7, 11) is 0. The van der Waals surface area contributed by atoms with E-state index in [1.165, 1.54) is 32.1 Å². The number of hydrogen-bond donors (Lipinski definition) is 2. The SMILES string of the molecule is OCC1(CO)CC=CCC1C1CCCCC1. The molecule has 1 unspecified atom stereocenters. The van der Waals surface area contributed by atoms with Crippen LogP contribution < -0.4 is 0 Å². The van der Waals surface area contributed by atoms with Gasteiger partial charge in [0.2, 0.25) is 0 Å². The number of allylic oxidation sites excluding steroid dienone is 2. The quantitative estimate of drug-likeness (QED) is 0.723. The Morgan fingerprint density at radius 1 is 1.00 bits per heavy atom. The lowest BCUT2D eigenvalue weighted by Gasteiger charge is -2.45. The van der Waals surface area contributed by atoms with Crippen molar-refractivity contribution in [2.75, 3.05) is 13.2 Å². The number of hydrogen-bond acceptors (Lipinski definition) is 2. The molecule has 2 aliphatic rings. The Balaban J connectivity index is 2.12. The van der Waals surface area contributed by atoms with Crippen molar-refractivity contribution in [3.63, 3.8) is 0 Å². The summed E-state index contributed by atoms with van der Waals surface area (Å²) in [4.78, 5) is 0. The van der Waals surface area contributed by atoms with Gasteiger partial charge in [-0.2, -0.15) is 0 Å². The van der Waals surface area contributed by atoms with Gasteiger partial charge in [-0.25, -0.2) is 0 Å². The van der Waals surface area contributed by atoms with Crippen LogP contribution >= 0.6 is 0 Å². The van der Waals surface area contributed by atoms with Gasteiger partial charge in [0.15, 0.2) is 0 Å². The van der Waals surface area contributed by atoms with Gasteiger partial charge in [-0.1, -0.05) is 44.3 Å². The molecule has 0 spiro atoms. The molecule has 2 aliphatic carbocycles. The van der Waals surface area contributed by atoms with Gasteiger partial charge < -0.3 is 10.2 Å². The van der Waals surface area contributed by atoms with Crippen LogP contribution in [-0.2, 0) is 0 Å². The van der Waals surface area contributed by atoms with Gasteiger partial charge in [0, 0.05) is 5.41 Å². The minimum atomic E-state index is -0.239. The molecule has 0 aromatic heterocycles. The van der Waals surface area contributed by atoms with Crippen LogP contribution in [0.1, 0.15) is 44.9 Å². The predicted molar refractivity (Wildman–Crippen MR) is 65.0 cm³/mol. The second-order valence-corrected chi connectivity index (χ2v) is 5.59. The Labute approximate surface area is 98.4 Å². The van der Waals surface area contributed by atoms with Gasteiger partial charge in [-0.3, -0.25) is 0 Å². The summed E-state index contributed by atoms with van der Waals surface area (Å²) in [5.41, 5.74) is -0.239. The number of aliphatic hydroxyl groups is 2. The van der Waals surface area contributed by atoms with Gasteiger partial charge in [0.1, 0.15) is 0 Å². The van der Waals surface area contributed by atoms with Crippen molar-refractivity contribution in [3.8, 4) is 0 Å². The van der Waals surface area contributed by atoms with Gasteiger partial charge in [0.05, 0.1) is 13.2 Å². The van der Waals surface area contributed by atoms with E-state index in [9.17, 15) is 10.2 Å². The molecule has 2 rings (SSSR count). The van der Waals surface area contributed by atoms with E-state index in [1.807, 2.05) is 0 Å². The maximum absolute atomic E-state index is 9.65. The van der Waals surface area contributed by atoms with Crippen LogP contribution in [0, 0.1) is 17.3 Å². The molecule has 2 nitrogen and oxygen atoms in total. The lowest BCUT2D eigenvalue weighted by Crippen LogP contribution is -2.43. The maximum atomic E-state index is 9.65. The van der Waals surface area contributed by atoms with E-state index in [4.69, 9.17) is 0 Å². The Bertz CT molecular complexity index is 237. The van der Waals surface area contributed by atoms with E-state index in [0.29, 0.717) is 5.92 Å². The molecular formula is C14H24O2. The minimum absolute atomic E-state index is 0.134. The molecule has 92 valence electrons. The van der Waals surface area contributed by atoms with E-state index in [0.717, 1.165) is 18.8 Å². The summed E-state index contributed by atoms with van der Waals surface area (Å²) in [5, 5.41) is 19.3. The van der Waals surface area contributed by atoms with Crippen molar-refractivity contribution in [2.24, 2.45) is 17.3 Å². The average Bonchev–Trinajstić information content (AvgIpc) is 2.39. The van der Waals surface area contributed by atoms with Crippen molar-refractivity contribution in [1.82, 2.24) is 0 Å². The van der Waals surface area contributed by atoms with Crippen LogP contribution in [0.2, 0.25) is 0 Å². The number of rotatable bonds is 3. The van der Waals surface area contributed by atoms with E-state index < -0.39 is 0 Å². The molecule has 0 aromatic rings. The van der Waals surface area contributed by atoms with E-state index >= 15 is 0 Å². The molecule has 1 saturated carbocycles. The molecular weight excluding hydrogens is 200 g/mol. The van der Waals surface area contributed by atoms with Crippen LogP contribution in [0.3, 0.4) is 0 Å². The second kappa shape index (κ2) is 5.33. The molecule has 0 bridgehead atoms.